The standard InChI is InChI=1S/C15H16N2O3/c1-19-14-9-7-12(8-10-14)11-20-17(16)15(18)13-5-3-2-4-6-13/h2-10H,11,16H2,1H3. The average molecular weight is 272 g/mol. The van der Waals surface area contributed by atoms with Crippen LogP contribution in [0.25, 0.3) is 0 Å². The van der Waals surface area contributed by atoms with E-state index in [1.54, 1.807) is 31.4 Å². The molecular formula is C15H16N2O3. The zero-order valence-corrected chi connectivity index (χ0v) is 11.2. The molecule has 104 valence electrons. The lowest BCUT2D eigenvalue weighted by Gasteiger charge is -2.16. The van der Waals surface area contributed by atoms with Crippen LogP contribution < -0.4 is 10.6 Å². The Labute approximate surface area is 117 Å². The summed E-state index contributed by atoms with van der Waals surface area (Å²) in [6.45, 7) is 0.207. The van der Waals surface area contributed by atoms with E-state index in [2.05, 4.69) is 0 Å². The van der Waals surface area contributed by atoms with Gasteiger partial charge in [0, 0.05) is 5.56 Å². The van der Waals surface area contributed by atoms with Gasteiger partial charge in [-0.1, -0.05) is 30.3 Å². The summed E-state index contributed by atoms with van der Waals surface area (Å²) in [7, 11) is 1.60. The predicted octanol–water partition coefficient (Wildman–Crippen LogP) is 2.14. The topological polar surface area (TPSA) is 64.8 Å². The molecule has 0 aliphatic heterocycles. The largest absolute Gasteiger partial charge is 0.497 e. The third kappa shape index (κ3) is 3.57. The van der Waals surface area contributed by atoms with E-state index in [1.807, 2.05) is 30.3 Å². The molecule has 2 aromatic carbocycles. The van der Waals surface area contributed by atoms with Crippen LogP contribution in [0.2, 0.25) is 0 Å². The number of hydroxylamine groups is 1. The van der Waals surface area contributed by atoms with Gasteiger partial charge in [-0.05, 0) is 29.8 Å². The summed E-state index contributed by atoms with van der Waals surface area (Å²) >= 11 is 0. The third-order valence-electron chi connectivity index (χ3n) is 2.75. The number of hydrogen-bond acceptors (Lipinski definition) is 4. The highest BCUT2D eigenvalue weighted by molar-refractivity contribution is 5.93. The van der Waals surface area contributed by atoms with Crippen LogP contribution in [0.4, 0.5) is 0 Å². The first-order valence-electron chi connectivity index (χ1n) is 6.11. The summed E-state index contributed by atoms with van der Waals surface area (Å²) in [6, 6.07) is 16.1. The Hall–Kier alpha value is -2.37. The van der Waals surface area contributed by atoms with Crippen molar-refractivity contribution in [2.24, 2.45) is 5.84 Å². The van der Waals surface area contributed by atoms with Crippen molar-refractivity contribution in [3.63, 3.8) is 0 Å². The molecule has 0 saturated carbocycles. The first-order chi connectivity index (χ1) is 9.70. The van der Waals surface area contributed by atoms with Crippen molar-refractivity contribution in [1.29, 1.82) is 0 Å². The molecule has 0 spiro atoms. The Morgan fingerprint density at radius 2 is 1.75 bits per heavy atom. The maximum atomic E-state index is 11.9. The Bertz CT molecular complexity index is 555. The number of hydrazine groups is 1. The maximum Gasteiger partial charge on any atom is 0.292 e. The Morgan fingerprint density at radius 3 is 2.35 bits per heavy atom. The number of ether oxygens (including phenoxy) is 1. The van der Waals surface area contributed by atoms with E-state index in [4.69, 9.17) is 15.4 Å². The lowest BCUT2D eigenvalue weighted by molar-refractivity contribution is -0.135. The minimum Gasteiger partial charge on any atom is -0.497 e. The molecule has 0 saturated heterocycles. The summed E-state index contributed by atoms with van der Waals surface area (Å²) in [6.07, 6.45) is 0. The molecule has 5 nitrogen and oxygen atoms in total. The van der Waals surface area contributed by atoms with Gasteiger partial charge in [-0.2, -0.15) is 0 Å². The molecular weight excluding hydrogens is 256 g/mol. The summed E-state index contributed by atoms with van der Waals surface area (Å²) in [5.74, 6) is 5.96. The highest BCUT2D eigenvalue weighted by Crippen LogP contribution is 2.12. The van der Waals surface area contributed by atoms with Crippen LogP contribution in [-0.2, 0) is 11.4 Å². The fourth-order valence-corrected chi connectivity index (χ4v) is 1.63. The van der Waals surface area contributed by atoms with Crippen molar-refractivity contribution in [2.75, 3.05) is 7.11 Å². The number of amides is 1. The van der Waals surface area contributed by atoms with Gasteiger partial charge in [0.05, 0.1) is 7.11 Å². The van der Waals surface area contributed by atoms with Gasteiger partial charge in [0.1, 0.15) is 12.4 Å². The fourth-order valence-electron chi connectivity index (χ4n) is 1.63. The molecule has 0 atom stereocenters. The van der Waals surface area contributed by atoms with Crippen LogP contribution in [-0.4, -0.2) is 18.2 Å². The van der Waals surface area contributed by atoms with Gasteiger partial charge in [-0.3, -0.25) is 9.63 Å². The molecule has 0 unspecified atom stereocenters. The monoisotopic (exact) mass is 272 g/mol. The molecule has 5 heteroatoms. The summed E-state index contributed by atoms with van der Waals surface area (Å²) in [5, 5.41) is 0.750. The van der Waals surface area contributed by atoms with Crippen molar-refractivity contribution in [3.05, 3.63) is 65.7 Å². The SMILES string of the molecule is COc1ccc(CON(N)C(=O)c2ccccc2)cc1. The van der Waals surface area contributed by atoms with Gasteiger partial charge in [0.25, 0.3) is 5.91 Å². The quantitative estimate of drug-likeness (QED) is 0.514. The lowest BCUT2D eigenvalue weighted by atomic mass is 10.2. The van der Waals surface area contributed by atoms with Gasteiger partial charge >= 0.3 is 0 Å². The molecule has 2 N–H and O–H groups in total. The molecule has 0 aromatic heterocycles. The van der Waals surface area contributed by atoms with E-state index < -0.39 is 0 Å². The fraction of sp³-hybridized carbons (Fsp3) is 0.133. The van der Waals surface area contributed by atoms with E-state index in [0.717, 1.165) is 16.5 Å². The van der Waals surface area contributed by atoms with Crippen molar-refractivity contribution < 1.29 is 14.4 Å². The van der Waals surface area contributed by atoms with Gasteiger partial charge < -0.3 is 4.74 Å². The number of carbonyl (C=O) groups is 1. The van der Waals surface area contributed by atoms with Gasteiger partial charge in [-0.25, -0.2) is 5.84 Å². The molecule has 1 amide bonds. The van der Waals surface area contributed by atoms with Crippen molar-refractivity contribution in [2.45, 2.75) is 6.61 Å². The molecule has 0 aliphatic carbocycles. The van der Waals surface area contributed by atoms with Crippen LogP contribution in [0.1, 0.15) is 15.9 Å². The van der Waals surface area contributed by atoms with Crippen LogP contribution in [0.3, 0.4) is 0 Å². The first-order valence-corrected chi connectivity index (χ1v) is 6.11. The van der Waals surface area contributed by atoms with Gasteiger partial charge in [0.2, 0.25) is 0 Å². The van der Waals surface area contributed by atoms with Crippen LogP contribution >= 0.6 is 0 Å². The van der Waals surface area contributed by atoms with E-state index in [1.165, 1.54) is 0 Å². The molecule has 0 fully saturated rings. The number of nitrogens with zero attached hydrogens (tertiary/aromatic N) is 1. The zero-order chi connectivity index (χ0) is 14.4. The summed E-state index contributed by atoms with van der Waals surface area (Å²) < 4.78 is 5.06. The van der Waals surface area contributed by atoms with Crippen LogP contribution in [0.5, 0.6) is 5.75 Å². The normalized spacial score (nSPS) is 10.1. The number of benzene rings is 2. The summed E-state index contributed by atoms with van der Waals surface area (Å²) in [4.78, 5) is 17.2. The van der Waals surface area contributed by atoms with E-state index in [9.17, 15) is 4.79 Å². The number of rotatable bonds is 5. The highest BCUT2D eigenvalue weighted by Gasteiger charge is 2.12. The molecule has 0 aliphatic rings. The lowest BCUT2D eigenvalue weighted by Crippen LogP contribution is -2.37. The minimum atomic E-state index is -0.390. The number of nitrogens with two attached hydrogens (primary N) is 1. The molecule has 20 heavy (non-hydrogen) atoms. The van der Waals surface area contributed by atoms with Gasteiger partial charge in [0.15, 0.2) is 0 Å². The molecule has 0 heterocycles. The van der Waals surface area contributed by atoms with Crippen molar-refractivity contribution in [1.82, 2.24) is 5.17 Å². The zero-order valence-electron chi connectivity index (χ0n) is 11.2. The van der Waals surface area contributed by atoms with E-state index in [-0.39, 0.29) is 12.5 Å². The third-order valence-corrected chi connectivity index (χ3v) is 2.75. The maximum absolute atomic E-state index is 11.9. The van der Waals surface area contributed by atoms with E-state index >= 15 is 0 Å². The smallest absolute Gasteiger partial charge is 0.292 e. The van der Waals surface area contributed by atoms with Crippen LogP contribution in [0.15, 0.2) is 54.6 Å². The second-order valence-electron chi connectivity index (χ2n) is 4.12. The van der Waals surface area contributed by atoms with Gasteiger partial charge in [-0.15, -0.1) is 5.17 Å². The summed E-state index contributed by atoms with van der Waals surface area (Å²) in [5.41, 5.74) is 1.37. The Kier molecular flexibility index (Phi) is 4.70. The first kappa shape index (κ1) is 14.0. The predicted molar refractivity (Wildman–Crippen MR) is 74.6 cm³/mol. The molecule has 0 radical (unpaired) electrons. The Balaban J connectivity index is 1.91. The van der Waals surface area contributed by atoms with Crippen molar-refractivity contribution >= 4 is 5.91 Å². The van der Waals surface area contributed by atoms with Crippen molar-refractivity contribution in [3.8, 4) is 5.75 Å². The Morgan fingerprint density at radius 1 is 1.10 bits per heavy atom. The number of methoxy groups -OCH3 is 1. The number of carbonyl (C=O) groups excluding carboxylic acids is 1. The van der Waals surface area contributed by atoms with E-state index in [0.29, 0.717) is 5.56 Å². The van der Waals surface area contributed by atoms with Crippen LogP contribution in [0, 0.1) is 0 Å². The second kappa shape index (κ2) is 6.70. The number of hydrogen-bond donors (Lipinski definition) is 1. The average Bonchev–Trinajstić information content (AvgIpc) is 2.53. The molecule has 2 rings (SSSR count). The molecule has 2 aromatic rings. The minimum absolute atomic E-state index is 0.207. The second-order valence-corrected chi connectivity index (χ2v) is 4.12. The molecule has 0 bridgehead atoms. The highest BCUT2D eigenvalue weighted by atomic mass is 16.7.